The van der Waals surface area contributed by atoms with Gasteiger partial charge in [0.25, 0.3) is 11.7 Å². The van der Waals surface area contributed by atoms with Crippen LogP contribution in [-0.4, -0.2) is 30.0 Å². The van der Waals surface area contributed by atoms with Crippen LogP contribution in [0.4, 0.5) is 14.5 Å². The Balaban J connectivity index is 1.78. The second-order valence-corrected chi connectivity index (χ2v) is 7.82. The zero-order valence-corrected chi connectivity index (χ0v) is 16.5. The number of hydrogen-bond acceptors (Lipinski definition) is 5. The largest absolute Gasteiger partial charge is 0.455 e. The molecule has 0 heterocycles. The maximum Gasteiger partial charge on any atom is 0.316 e. The molecule has 0 radical (unpaired) electrons. The summed E-state index contributed by atoms with van der Waals surface area (Å²) in [6.07, 6.45) is 0. The number of halogens is 3. The van der Waals surface area contributed by atoms with Crippen LogP contribution in [0.25, 0.3) is 0 Å². The van der Waals surface area contributed by atoms with Crippen LogP contribution >= 0.6 is 39.5 Å². The molecule has 0 aromatic heterocycles. The molecule has 0 aliphatic heterocycles. The Hall–Kier alpha value is -1.58. The first-order chi connectivity index (χ1) is 12.4. The molecule has 0 saturated heterocycles. The molecule has 0 unspecified atom stereocenters. The Morgan fingerprint density at radius 3 is 2.50 bits per heavy atom. The van der Waals surface area contributed by atoms with Crippen LogP contribution in [0.1, 0.15) is 0 Å². The number of esters is 1. The third-order valence-electron chi connectivity index (χ3n) is 2.91. The molecular weight excluding hydrogens is 448 g/mol. The quantitative estimate of drug-likeness (QED) is 0.440. The number of anilines is 1. The van der Waals surface area contributed by atoms with E-state index in [9.17, 15) is 18.4 Å². The minimum absolute atomic E-state index is 0.0622. The van der Waals surface area contributed by atoms with Gasteiger partial charge in [-0.2, -0.15) is 8.78 Å². The number of para-hydroxylation sites is 1. The van der Waals surface area contributed by atoms with Gasteiger partial charge in [0.1, 0.15) is 0 Å². The van der Waals surface area contributed by atoms with E-state index in [0.29, 0.717) is 11.8 Å². The summed E-state index contributed by atoms with van der Waals surface area (Å²) in [7, 11) is 0. The summed E-state index contributed by atoms with van der Waals surface area (Å²) >= 11 is 4.95. The van der Waals surface area contributed by atoms with Gasteiger partial charge in [0.2, 0.25) is 0 Å². The zero-order valence-electron chi connectivity index (χ0n) is 13.3. The molecular formula is C17H14BrF2NO3S2. The number of ether oxygens (including phenoxy) is 1. The fourth-order valence-corrected chi connectivity index (χ4v) is 3.37. The molecule has 1 amide bonds. The molecule has 0 fully saturated rings. The van der Waals surface area contributed by atoms with Crippen LogP contribution in [0.5, 0.6) is 0 Å². The Labute approximate surface area is 166 Å². The molecule has 2 aromatic carbocycles. The van der Waals surface area contributed by atoms with Crippen molar-refractivity contribution in [1.29, 1.82) is 0 Å². The lowest BCUT2D eigenvalue weighted by Gasteiger charge is -2.10. The maximum absolute atomic E-state index is 12.5. The van der Waals surface area contributed by atoms with Crippen molar-refractivity contribution in [2.45, 2.75) is 15.5 Å². The van der Waals surface area contributed by atoms with E-state index in [4.69, 9.17) is 4.74 Å². The lowest BCUT2D eigenvalue weighted by Crippen LogP contribution is -2.22. The summed E-state index contributed by atoms with van der Waals surface area (Å²) in [4.78, 5) is 24.7. The van der Waals surface area contributed by atoms with E-state index in [0.717, 1.165) is 9.37 Å². The molecule has 0 bridgehead atoms. The van der Waals surface area contributed by atoms with Crippen LogP contribution in [-0.2, 0) is 14.3 Å². The molecule has 2 rings (SSSR count). The monoisotopic (exact) mass is 461 g/mol. The Morgan fingerprint density at radius 2 is 1.81 bits per heavy atom. The number of hydrogen-bond donors (Lipinski definition) is 1. The first-order valence-corrected chi connectivity index (χ1v) is 9.97. The normalized spacial score (nSPS) is 10.6. The molecule has 0 saturated carbocycles. The van der Waals surface area contributed by atoms with E-state index in [1.54, 1.807) is 12.1 Å². The molecule has 0 atom stereocenters. The number of thioether (sulfide) groups is 2. The highest BCUT2D eigenvalue weighted by Crippen LogP contribution is 2.31. The predicted molar refractivity (Wildman–Crippen MR) is 103 cm³/mol. The molecule has 0 aliphatic rings. The summed E-state index contributed by atoms with van der Waals surface area (Å²) in [5.41, 5.74) is 0.253. The standard InChI is InChI=1S/C17H14BrF2NO3S2/c18-11-5-7-12(8-6-11)25-10-16(23)24-9-15(22)21-13-3-1-2-4-14(13)26-17(19)20/h1-8,17H,9-10H2,(H,21,22). The van der Waals surface area contributed by atoms with E-state index >= 15 is 0 Å². The van der Waals surface area contributed by atoms with Crippen molar-refractivity contribution < 1.29 is 23.1 Å². The minimum Gasteiger partial charge on any atom is -0.455 e. The molecule has 4 nitrogen and oxygen atoms in total. The van der Waals surface area contributed by atoms with Crippen LogP contribution in [0.15, 0.2) is 62.8 Å². The predicted octanol–water partition coefficient (Wildman–Crippen LogP) is 5.04. The number of amides is 1. The lowest BCUT2D eigenvalue weighted by molar-refractivity contribution is -0.144. The van der Waals surface area contributed by atoms with Gasteiger partial charge in [-0.3, -0.25) is 9.59 Å². The Morgan fingerprint density at radius 1 is 1.12 bits per heavy atom. The molecule has 26 heavy (non-hydrogen) atoms. The smallest absolute Gasteiger partial charge is 0.316 e. The Kier molecular flexibility index (Phi) is 8.40. The summed E-state index contributed by atoms with van der Waals surface area (Å²) in [6.45, 7) is -0.479. The van der Waals surface area contributed by atoms with Crippen LogP contribution in [0.2, 0.25) is 0 Å². The van der Waals surface area contributed by atoms with Gasteiger partial charge < -0.3 is 10.1 Å². The van der Waals surface area contributed by atoms with E-state index in [1.807, 2.05) is 24.3 Å². The molecule has 1 N–H and O–H groups in total. The molecule has 0 aliphatic carbocycles. The van der Waals surface area contributed by atoms with E-state index in [-0.39, 0.29) is 16.3 Å². The first kappa shape index (κ1) is 20.7. The number of benzene rings is 2. The van der Waals surface area contributed by atoms with Gasteiger partial charge in [0.15, 0.2) is 6.61 Å². The summed E-state index contributed by atoms with van der Waals surface area (Å²) in [5.74, 6) is -3.66. The van der Waals surface area contributed by atoms with Crippen molar-refractivity contribution >= 4 is 57.0 Å². The first-order valence-electron chi connectivity index (χ1n) is 7.31. The second kappa shape index (κ2) is 10.5. The van der Waals surface area contributed by atoms with E-state index in [2.05, 4.69) is 21.2 Å². The number of carbonyl (C=O) groups excluding carboxylic acids is 2. The zero-order chi connectivity index (χ0) is 18.9. The number of alkyl halides is 2. The summed E-state index contributed by atoms with van der Waals surface area (Å²) < 4.78 is 30.9. The topological polar surface area (TPSA) is 55.4 Å². The fraction of sp³-hybridized carbons (Fsp3) is 0.176. The van der Waals surface area contributed by atoms with Crippen LogP contribution < -0.4 is 5.32 Å². The highest BCUT2D eigenvalue weighted by Gasteiger charge is 2.13. The van der Waals surface area contributed by atoms with Gasteiger partial charge in [-0.15, -0.1) is 11.8 Å². The van der Waals surface area contributed by atoms with Gasteiger partial charge in [0.05, 0.1) is 11.4 Å². The second-order valence-electron chi connectivity index (χ2n) is 4.83. The number of rotatable bonds is 8. The lowest BCUT2D eigenvalue weighted by atomic mass is 10.3. The number of nitrogens with one attached hydrogen (secondary N) is 1. The molecule has 9 heteroatoms. The van der Waals surface area contributed by atoms with Crippen molar-refractivity contribution in [2.75, 3.05) is 17.7 Å². The average Bonchev–Trinajstić information content (AvgIpc) is 2.61. The van der Waals surface area contributed by atoms with Gasteiger partial charge in [-0.1, -0.05) is 39.8 Å². The van der Waals surface area contributed by atoms with Crippen molar-refractivity contribution in [3.63, 3.8) is 0 Å². The minimum atomic E-state index is -2.60. The summed E-state index contributed by atoms with van der Waals surface area (Å²) in [6, 6.07) is 13.6. The highest BCUT2D eigenvalue weighted by molar-refractivity contribution is 9.10. The van der Waals surface area contributed by atoms with Crippen LogP contribution in [0.3, 0.4) is 0 Å². The van der Waals surface area contributed by atoms with Crippen molar-refractivity contribution in [1.82, 2.24) is 0 Å². The third kappa shape index (κ3) is 7.35. The highest BCUT2D eigenvalue weighted by atomic mass is 79.9. The average molecular weight is 462 g/mol. The maximum atomic E-state index is 12.5. The van der Waals surface area contributed by atoms with E-state index in [1.165, 1.54) is 23.9 Å². The van der Waals surface area contributed by atoms with Crippen molar-refractivity contribution in [2.24, 2.45) is 0 Å². The third-order valence-corrected chi connectivity index (χ3v) is 5.21. The van der Waals surface area contributed by atoms with Crippen LogP contribution in [0, 0.1) is 0 Å². The van der Waals surface area contributed by atoms with Gasteiger partial charge in [0, 0.05) is 14.3 Å². The molecule has 138 valence electrons. The van der Waals surface area contributed by atoms with Gasteiger partial charge in [-0.25, -0.2) is 0 Å². The SMILES string of the molecule is O=C(COC(=O)CSc1ccc(Br)cc1)Nc1ccccc1SC(F)F. The molecule has 0 spiro atoms. The van der Waals surface area contributed by atoms with Gasteiger partial charge in [-0.05, 0) is 36.4 Å². The molecule has 2 aromatic rings. The van der Waals surface area contributed by atoms with Gasteiger partial charge >= 0.3 is 5.97 Å². The van der Waals surface area contributed by atoms with Crippen molar-refractivity contribution in [3.05, 3.63) is 53.0 Å². The fourth-order valence-electron chi connectivity index (χ4n) is 1.82. The van der Waals surface area contributed by atoms with E-state index < -0.39 is 24.2 Å². The summed E-state index contributed by atoms with van der Waals surface area (Å²) in [5, 5.41) is 2.47. The Bertz CT molecular complexity index is 760. The number of carbonyl (C=O) groups is 2. The van der Waals surface area contributed by atoms with Crippen molar-refractivity contribution in [3.8, 4) is 0 Å².